The van der Waals surface area contributed by atoms with Crippen LogP contribution in [0.3, 0.4) is 0 Å². The molecule has 1 unspecified atom stereocenters. The van der Waals surface area contributed by atoms with Crippen molar-refractivity contribution >= 4 is 23.5 Å². The Kier molecular flexibility index (Phi) is 3.42. The van der Waals surface area contributed by atoms with E-state index in [4.69, 9.17) is 0 Å². The van der Waals surface area contributed by atoms with E-state index in [9.17, 15) is 4.79 Å². The number of hydrogen-bond donors (Lipinski definition) is 1. The summed E-state index contributed by atoms with van der Waals surface area (Å²) in [7, 11) is 1.89. The Labute approximate surface area is 137 Å². The van der Waals surface area contributed by atoms with Gasteiger partial charge in [-0.25, -0.2) is 4.68 Å². The van der Waals surface area contributed by atoms with Crippen molar-refractivity contribution in [1.29, 1.82) is 0 Å². The first kappa shape index (κ1) is 14.1. The number of carbonyl (C=O) groups is 1. The van der Waals surface area contributed by atoms with E-state index in [1.54, 1.807) is 21.1 Å². The smallest absolute Gasteiger partial charge is 0.235 e. The van der Waals surface area contributed by atoms with Crippen LogP contribution in [-0.2, 0) is 11.8 Å². The molecule has 1 aliphatic heterocycles. The number of rotatable bonds is 2. The maximum Gasteiger partial charge on any atom is 0.235 e. The molecule has 2 aromatic heterocycles. The number of thioether (sulfide) groups is 1. The second kappa shape index (κ2) is 5.58. The fraction of sp³-hybridized carbons (Fsp3) is 0.188. The summed E-state index contributed by atoms with van der Waals surface area (Å²) >= 11 is 1.59. The lowest BCUT2D eigenvalue weighted by Gasteiger charge is -2.12. The molecule has 0 spiro atoms. The Morgan fingerprint density at radius 3 is 2.78 bits per heavy atom. The molecule has 1 aromatic carbocycles. The summed E-state index contributed by atoms with van der Waals surface area (Å²) in [5.41, 5.74) is 2.99. The number of nitrogens with one attached hydrogen (secondary N) is 1. The highest BCUT2D eigenvalue weighted by atomic mass is 32.2. The van der Waals surface area contributed by atoms with Crippen molar-refractivity contribution < 1.29 is 4.79 Å². The summed E-state index contributed by atoms with van der Waals surface area (Å²) in [5, 5.41) is 11.8. The lowest BCUT2D eigenvalue weighted by Crippen LogP contribution is -2.15. The molecule has 0 radical (unpaired) electrons. The first-order chi connectivity index (χ1) is 11.2. The Morgan fingerprint density at radius 2 is 2.04 bits per heavy atom. The molecule has 3 aromatic rings. The Bertz CT molecular complexity index is 854. The van der Waals surface area contributed by atoms with Crippen molar-refractivity contribution in [2.75, 3.05) is 11.1 Å². The van der Waals surface area contributed by atoms with Gasteiger partial charge in [-0.15, -0.1) is 11.8 Å². The van der Waals surface area contributed by atoms with Crippen LogP contribution in [0.1, 0.15) is 16.4 Å². The van der Waals surface area contributed by atoms with E-state index in [1.807, 2.05) is 56.0 Å². The summed E-state index contributed by atoms with van der Waals surface area (Å²) in [4.78, 5) is 12.1. The van der Waals surface area contributed by atoms with Gasteiger partial charge in [0.2, 0.25) is 5.91 Å². The molecule has 7 heteroatoms. The molecule has 4 rings (SSSR count). The quantitative estimate of drug-likeness (QED) is 0.786. The van der Waals surface area contributed by atoms with Crippen molar-refractivity contribution in [3.63, 3.8) is 0 Å². The Hall–Kier alpha value is -2.54. The van der Waals surface area contributed by atoms with Crippen molar-refractivity contribution in [2.24, 2.45) is 7.05 Å². The number of aryl methyl sites for hydroxylation is 1. The number of amides is 1. The van der Waals surface area contributed by atoms with E-state index in [1.165, 1.54) is 0 Å². The third-order valence-electron chi connectivity index (χ3n) is 3.75. The van der Waals surface area contributed by atoms with Gasteiger partial charge in [-0.05, 0) is 12.1 Å². The van der Waals surface area contributed by atoms with Crippen LogP contribution in [0.15, 0.2) is 48.9 Å². The van der Waals surface area contributed by atoms with Gasteiger partial charge < -0.3 is 5.32 Å². The van der Waals surface area contributed by atoms with E-state index >= 15 is 0 Å². The summed E-state index contributed by atoms with van der Waals surface area (Å²) in [6, 6.07) is 9.80. The third kappa shape index (κ3) is 2.53. The molecule has 0 fully saturated rings. The highest BCUT2D eigenvalue weighted by Crippen LogP contribution is 2.41. The monoisotopic (exact) mass is 325 g/mol. The van der Waals surface area contributed by atoms with Crippen LogP contribution in [0, 0.1) is 0 Å². The van der Waals surface area contributed by atoms with Crippen LogP contribution in [0.25, 0.3) is 5.69 Å². The molecular weight excluding hydrogens is 310 g/mol. The van der Waals surface area contributed by atoms with Crippen LogP contribution in [-0.4, -0.2) is 31.2 Å². The minimum absolute atomic E-state index is 0.0136. The zero-order chi connectivity index (χ0) is 15.8. The lowest BCUT2D eigenvalue weighted by atomic mass is 10.1. The zero-order valence-electron chi connectivity index (χ0n) is 12.5. The van der Waals surface area contributed by atoms with Crippen LogP contribution >= 0.6 is 11.8 Å². The Balaban J connectivity index is 1.84. The molecule has 1 amide bonds. The molecule has 1 aliphatic rings. The van der Waals surface area contributed by atoms with E-state index in [0.717, 1.165) is 22.6 Å². The summed E-state index contributed by atoms with van der Waals surface area (Å²) in [6.07, 6.45) is 5.66. The van der Waals surface area contributed by atoms with E-state index in [0.29, 0.717) is 5.75 Å². The molecule has 0 saturated heterocycles. The average molecular weight is 325 g/mol. The predicted octanol–water partition coefficient (Wildman–Crippen LogP) is 2.38. The zero-order valence-corrected chi connectivity index (χ0v) is 13.3. The first-order valence-electron chi connectivity index (χ1n) is 7.26. The number of hydrogen-bond acceptors (Lipinski definition) is 4. The fourth-order valence-electron chi connectivity index (χ4n) is 2.71. The minimum Gasteiger partial charge on any atom is -0.310 e. The number of aromatic nitrogens is 4. The van der Waals surface area contributed by atoms with Crippen molar-refractivity contribution in [1.82, 2.24) is 19.6 Å². The fourth-order valence-corrected chi connectivity index (χ4v) is 3.77. The van der Waals surface area contributed by atoms with Gasteiger partial charge in [0.05, 0.1) is 29.1 Å². The number of benzene rings is 1. The van der Waals surface area contributed by atoms with Crippen LogP contribution in [0.4, 0.5) is 5.82 Å². The molecule has 23 heavy (non-hydrogen) atoms. The van der Waals surface area contributed by atoms with Gasteiger partial charge in [-0.2, -0.15) is 10.2 Å². The average Bonchev–Trinajstić information content (AvgIpc) is 3.12. The maximum atomic E-state index is 12.1. The van der Waals surface area contributed by atoms with E-state index in [-0.39, 0.29) is 11.2 Å². The van der Waals surface area contributed by atoms with Crippen molar-refractivity contribution in [2.45, 2.75) is 5.25 Å². The topological polar surface area (TPSA) is 64.7 Å². The SMILES string of the molecule is Cn1cc(C2SCC(=O)Nc3c2cnn3-c2ccccc2)cn1. The molecule has 116 valence electrons. The van der Waals surface area contributed by atoms with E-state index in [2.05, 4.69) is 15.5 Å². The van der Waals surface area contributed by atoms with Crippen molar-refractivity contribution in [3.8, 4) is 5.69 Å². The molecule has 0 aliphatic carbocycles. The highest BCUT2D eigenvalue weighted by molar-refractivity contribution is 8.00. The summed E-state index contributed by atoms with van der Waals surface area (Å²) in [6.45, 7) is 0. The second-order valence-electron chi connectivity index (χ2n) is 5.38. The molecule has 6 nitrogen and oxygen atoms in total. The molecular formula is C16H15N5OS. The van der Waals surface area contributed by atoms with Crippen LogP contribution in [0.5, 0.6) is 0 Å². The molecule has 3 heterocycles. The van der Waals surface area contributed by atoms with Crippen molar-refractivity contribution in [3.05, 3.63) is 60.0 Å². The number of fused-ring (bicyclic) bond motifs is 1. The number of carbonyl (C=O) groups excluding carboxylic acids is 1. The predicted molar refractivity (Wildman–Crippen MR) is 89.7 cm³/mol. The summed E-state index contributed by atoms with van der Waals surface area (Å²) < 4.78 is 3.56. The second-order valence-corrected chi connectivity index (χ2v) is 6.48. The minimum atomic E-state index is -0.0136. The Morgan fingerprint density at radius 1 is 1.22 bits per heavy atom. The van der Waals surface area contributed by atoms with Gasteiger partial charge in [0, 0.05) is 24.4 Å². The molecule has 0 saturated carbocycles. The lowest BCUT2D eigenvalue weighted by molar-refractivity contribution is -0.113. The molecule has 1 N–H and O–H groups in total. The number of para-hydroxylation sites is 1. The van der Waals surface area contributed by atoms with Gasteiger partial charge in [-0.1, -0.05) is 18.2 Å². The van der Waals surface area contributed by atoms with Gasteiger partial charge in [0.15, 0.2) is 0 Å². The van der Waals surface area contributed by atoms with Crippen LogP contribution in [0.2, 0.25) is 0 Å². The van der Waals surface area contributed by atoms with Gasteiger partial charge in [0.25, 0.3) is 0 Å². The largest absolute Gasteiger partial charge is 0.310 e. The highest BCUT2D eigenvalue weighted by Gasteiger charge is 2.28. The normalized spacial score (nSPS) is 17.4. The first-order valence-corrected chi connectivity index (χ1v) is 8.30. The summed E-state index contributed by atoms with van der Waals surface area (Å²) in [5.74, 6) is 1.13. The van der Waals surface area contributed by atoms with Crippen LogP contribution < -0.4 is 5.32 Å². The molecule has 0 bridgehead atoms. The number of nitrogens with zero attached hydrogens (tertiary/aromatic N) is 4. The number of anilines is 1. The van der Waals surface area contributed by atoms with Gasteiger partial charge in [-0.3, -0.25) is 9.48 Å². The van der Waals surface area contributed by atoms with Gasteiger partial charge in [0.1, 0.15) is 5.82 Å². The standard InChI is InChI=1S/C16H15N5OS/c1-20-9-11(7-17-20)15-13-8-18-21(12-5-3-2-4-6-12)16(13)19-14(22)10-23-15/h2-9,15H,10H2,1H3,(H,19,22). The maximum absolute atomic E-state index is 12.1. The third-order valence-corrected chi connectivity index (χ3v) is 5.04. The van der Waals surface area contributed by atoms with E-state index < -0.39 is 0 Å². The van der Waals surface area contributed by atoms with Gasteiger partial charge >= 0.3 is 0 Å². The molecule has 1 atom stereocenters.